The summed E-state index contributed by atoms with van der Waals surface area (Å²) in [6, 6.07) is 3.15. The Morgan fingerprint density at radius 2 is 1.67 bits per heavy atom. The number of hydrogen-bond donors (Lipinski definition) is 0. The molecule has 0 saturated carbocycles. The molecule has 86 valence electrons. The third-order valence-corrected chi connectivity index (χ3v) is 8.81. The van der Waals surface area contributed by atoms with Crippen molar-refractivity contribution in [2.75, 3.05) is 0 Å². The predicted molar refractivity (Wildman–Crippen MR) is 70.8 cm³/mol. The molecule has 0 aliphatic heterocycles. The minimum atomic E-state index is -1.71. The second-order valence-electron chi connectivity index (χ2n) is 4.05. The van der Waals surface area contributed by atoms with Crippen LogP contribution in [0.5, 0.6) is 0 Å². The smallest absolute Gasteiger partial charge is 0.138 e. The minimum Gasteiger partial charge on any atom is -0.300 e. The second-order valence-corrected chi connectivity index (χ2v) is 9.18. The van der Waals surface area contributed by atoms with Gasteiger partial charge in [0.15, 0.2) is 0 Å². The molecule has 0 aliphatic carbocycles. The first-order valence-electron chi connectivity index (χ1n) is 5.91. The van der Waals surface area contributed by atoms with Crippen LogP contribution in [0.2, 0.25) is 18.1 Å². The van der Waals surface area contributed by atoms with E-state index in [4.69, 9.17) is 0 Å². The van der Waals surface area contributed by atoms with Gasteiger partial charge in [-0.2, -0.15) is 0 Å². The fraction of sp³-hybridized carbons (Fsp3) is 0.615. The summed E-state index contributed by atoms with van der Waals surface area (Å²) in [5.74, 6) is 0. The van der Waals surface area contributed by atoms with Crippen molar-refractivity contribution in [3.05, 3.63) is 24.3 Å². The fourth-order valence-electron chi connectivity index (χ4n) is 1.96. The summed E-state index contributed by atoms with van der Waals surface area (Å²) in [4.78, 5) is 12.3. The molecule has 2 heteroatoms. The molecule has 0 aliphatic rings. The zero-order valence-corrected chi connectivity index (χ0v) is 11.6. The van der Waals surface area contributed by atoms with Crippen molar-refractivity contribution in [1.82, 2.24) is 0 Å². The zero-order chi connectivity index (χ0) is 11.9. The topological polar surface area (TPSA) is 17.1 Å². The first-order valence-corrected chi connectivity index (χ1v) is 8.53. The van der Waals surface area contributed by atoms with Crippen molar-refractivity contribution in [2.24, 2.45) is 0 Å². The summed E-state index contributed by atoms with van der Waals surface area (Å²) in [7, 11) is -1.71. The monoisotopic (exact) mass is 224 g/mol. The Morgan fingerprint density at radius 3 is 2.00 bits per heavy atom. The Labute approximate surface area is 95.3 Å². The lowest BCUT2D eigenvalue weighted by molar-refractivity contribution is -0.109. The van der Waals surface area contributed by atoms with Crippen LogP contribution in [0.3, 0.4) is 0 Å². The van der Waals surface area contributed by atoms with E-state index in [0.29, 0.717) is 5.41 Å². The van der Waals surface area contributed by atoms with Gasteiger partial charge in [0.25, 0.3) is 0 Å². The van der Waals surface area contributed by atoms with Crippen LogP contribution >= 0.6 is 0 Å². The number of allylic oxidation sites excluding steroid dienone is 3. The van der Waals surface area contributed by atoms with Gasteiger partial charge in [0, 0.05) is 0 Å². The summed E-state index contributed by atoms with van der Waals surface area (Å²) in [6.07, 6.45) is 4.72. The van der Waals surface area contributed by atoms with Crippen LogP contribution in [0.4, 0.5) is 0 Å². The molecule has 0 saturated heterocycles. The van der Waals surface area contributed by atoms with E-state index < -0.39 is 8.07 Å². The van der Waals surface area contributed by atoms with Crippen molar-refractivity contribution in [2.45, 2.75) is 52.2 Å². The lowest BCUT2D eigenvalue weighted by Gasteiger charge is -2.26. The fourth-order valence-corrected chi connectivity index (χ4v) is 5.27. The van der Waals surface area contributed by atoms with Crippen molar-refractivity contribution < 1.29 is 4.79 Å². The van der Waals surface area contributed by atoms with Gasteiger partial charge in [-0.1, -0.05) is 57.6 Å². The van der Waals surface area contributed by atoms with E-state index in [0.717, 1.165) is 30.1 Å². The Bertz CT molecular complexity index is 241. The lowest BCUT2D eigenvalue weighted by atomic mass is 10.2. The van der Waals surface area contributed by atoms with E-state index in [1.54, 1.807) is 0 Å². The summed E-state index contributed by atoms with van der Waals surface area (Å²) in [5.41, 5.74) is 0.810. The summed E-state index contributed by atoms with van der Waals surface area (Å²) < 4.78 is 0. The SMILES string of the molecule is C=C(C/C=C/C)C(=O)[Si](CC)(CC)CC. The molecule has 0 amide bonds. The molecule has 0 fully saturated rings. The van der Waals surface area contributed by atoms with Crippen molar-refractivity contribution >= 4 is 13.5 Å². The number of carbonyl (C=O) groups is 1. The third kappa shape index (κ3) is 3.45. The van der Waals surface area contributed by atoms with E-state index in [1.165, 1.54) is 0 Å². The average Bonchev–Trinajstić information content (AvgIpc) is 2.28. The molecule has 1 nitrogen and oxygen atoms in total. The van der Waals surface area contributed by atoms with Crippen LogP contribution in [-0.2, 0) is 4.79 Å². The normalized spacial score (nSPS) is 12.0. The molecular weight excluding hydrogens is 200 g/mol. The number of hydrogen-bond acceptors (Lipinski definition) is 1. The Hall–Kier alpha value is -0.633. The molecule has 15 heavy (non-hydrogen) atoms. The van der Waals surface area contributed by atoms with Crippen molar-refractivity contribution in [1.29, 1.82) is 0 Å². The molecule has 0 aromatic heterocycles. The van der Waals surface area contributed by atoms with Gasteiger partial charge in [-0.3, -0.25) is 0 Å². The summed E-state index contributed by atoms with van der Waals surface area (Å²) in [5, 5.41) is 0.396. The van der Waals surface area contributed by atoms with Crippen LogP contribution in [0.1, 0.15) is 34.1 Å². The molecular formula is C13H24OSi. The zero-order valence-electron chi connectivity index (χ0n) is 10.6. The molecule has 0 spiro atoms. The van der Waals surface area contributed by atoms with Gasteiger partial charge in [-0.05, 0) is 18.9 Å². The van der Waals surface area contributed by atoms with Gasteiger partial charge in [-0.25, -0.2) is 0 Å². The highest BCUT2D eigenvalue weighted by Crippen LogP contribution is 2.25. The Balaban J connectivity index is 4.71. The second kappa shape index (κ2) is 6.78. The molecule has 0 radical (unpaired) electrons. The van der Waals surface area contributed by atoms with Gasteiger partial charge in [0.2, 0.25) is 0 Å². The van der Waals surface area contributed by atoms with E-state index in [-0.39, 0.29) is 0 Å². The number of rotatable bonds is 7. The van der Waals surface area contributed by atoms with Gasteiger partial charge >= 0.3 is 0 Å². The summed E-state index contributed by atoms with van der Waals surface area (Å²) in [6.45, 7) is 12.4. The van der Waals surface area contributed by atoms with Crippen molar-refractivity contribution in [3.8, 4) is 0 Å². The average molecular weight is 224 g/mol. The van der Waals surface area contributed by atoms with E-state index in [1.807, 2.05) is 19.1 Å². The van der Waals surface area contributed by atoms with E-state index in [9.17, 15) is 4.79 Å². The van der Waals surface area contributed by atoms with E-state index >= 15 is 0 Å². The minimum absolute atomic E-state index is 0.396. The largest absolute Gasteiger partial charge is 0.300 e. The van der Waals surface area contributed by atoms with Crippen molar-refractivity contribution in [3.63, 3.8) is 0 Å². The van der Waals surface area contributed by atoms with Gasteiger partial charge < -0.3 is 4.79 Å². The molecule has 0 rings (SSSR count). The molecule has 0 bridgehead atoms. The van der Waals surface area contributed by atoms with Crippen LogP contribution in [0.25, 0.3) is 0 Å². The first-order chi connectivity index (χ1) is 7.07. The molecule has 0 unspecified atom stereocenters. The molecule has 0 N–H and O–H groups in total. The first kappa shape index (κ1) is 14.4. The van der Waals surface area contributed by atoms with Crippen LogP contribution in [0, 0.1) is 0 Å². The highest BCUT2D eigenvalue weighted by atomic mass is 28.3. The van der Waals surface area contributed by atoms with Gasteiger partial charge in [0.05, 0.1) is 0 Å². The lowest BCUT2D eigenvalue weighted by Crippen LogP contribution is -2.42. The molecule has 0 aromatic rings. The maximum Gasteiger partial charge on any atom is 0.138 e. The Morgan fingerprint density at radius 1 is 1.20 bits per heavy atom. The number of carbonyl (C=O) groups excluding carboxylic acids is 1. The molecule has 0 atom stereocenters. The third-order valence-electron chi connectivity index (χ3n) is 3.43. The van der Waals surface area contributed by atoms with Gasteiger partial charge in [-0.15, -0.1) is 0 Å². The Kier molecular flexibility index (Phi) is 6.49. The van der Waals surface area contributed by atoms with Crippen LogP contribution in [0.15, 0.2) is 24.3 Å². The summed E-state index contributed by atoms with van der Waals surface area (Å²) >= 11 is 0. The highest BCUT2D eigenvalue weighted by Gasteiger charge is 2.36. The predicted octanol–water partition coefficient (Wildman–Crippen LogP) is 4.13. The maximum atomic E-state index is 12.3. The highest BCUT2D eigenvalue weighted by molar-refractivity contribution is 7.07. The quantitative estimate of drug-likeness (QED) is 0.361. The van der Waals surface area contributed by atoms with Crippen LogP contribution in [-0.4, -0.2) is 13.5 Å². The maximum absolute atomic E-state index is 12.3. The van der Waals surface area contributed by atoms with Gasteiger partial charge in [0.1, 0.15) is 13.5 Å². The van der Waals surface area contributed by atoms with Crippen LogP contribution < -0.4 is 0 Å². The molecule has 0 aromatic carbocycles. The van der Waals surface area contributed by atoms with E-state index in [2.05, 4.69) is 27.4 Å². The molecule has 0 heterocycles. The standard InChI is InChI=1S/C13H24OSi/c1-6-10-11-12(5)13(14)15(7-2,8-3)9-4/h6,10H,5,7-9,11H2,1-4H3/b10-6+.